The van der Waals surface area contributed by atoms with E-state index in [4.69, 9.17) is 4.52 Å². The lowest BCUT2D eigenvalue weighted by Gasteiger charge is -2.29. The molecule has 0 spiro atoms. The van der Waals surface area contributed by atoms with Gasteiger partial charge in [-0.25, -0.2) is 8.78 Å². The zero-order valence-corrected chi connectivity index (χ0v) is 18.5. The third-order valence-electron chi connectivity index (χ3n) is 6.19. The van der Waals surface area contributed by atoms with Gasteiger partial charge in [0, 0.05) is 18.3 Å². The molecule has 11 heteroatoms. The average Bonchev–Trinajstić information content (AvgIpc) is 3.46. The number of hydrogen-bond donors (Lipinski definition) is 0. The molecule has 0 atom stereocenters. The Labute approximate surface area is 201 Å². The highest BCUT2D eigenvalue weighted by Gasteiger charge is 2.49. The van der Waals surface area contributed by atoms with E-state index >= 15 is 0 Å². The first-order chi connectivity index (χ1) is 17.2. The van der Waals surface area contributed by atoms with Crippen molar-refractivity contribution in [3.63, 3.8) is 0 Å². The Kier molecular flexibility index (Phi) is 5.77. The second-order valence-electron chi connectivity index (χ2n) is 8.34. The lowest BCUT2D eigenvalue weighted by Crippen LogP contribution is -2.38. The molecule has 0 bridgehead atoms. The Morgan fingerprint density at radius 3 is 2.06 bits per heavy atom. The molecule has 6 nitrogen and oxygen atoms in total. The van der Waals surface area contributed by atoms with Crippen molar-refractivity contribution in [2.75, 3.05) is 6.54 Å². The third kappa shape index (κ3) is 4.21. The van der Waals surface area contributed by atoms with Crippen molar-refractivity contribution in [1.82, 2.24) is 20.0 Å². The Morgan fingerprint density at radius 2 is 1.53 bits per heavy atom. The lowest BCUT2D eigenvalue weighted by atomic mass is 9.73. The maximum atomic E-state index is 13.7. The summed E-state index contributed by atoms with van der Waals surface area (Å²) in [6.45, 7) is 0.247. The van der Waals surface area contributed by atoms with Crippen LogP contribution in [0.4, 0.5) is 22.0 Å². The molecule has 2 aromatic heterocycles. The average molecular weight is 500 g/mol. The number of carbonyl (C=O) groups is 1. The third-order valence-corrected chi connectivity index (χ3v) is 6.19. The van der Waals surface area contributed by atoms with Crippen LogP contribution in [0, 0.1) is 11.6 Å². The van der Waals surface area contributed by atoms with Crippen molar-refractivity contribution in [3.05, 3.63) is 101 Å². The SMILES string of the molecule is O=C1N(Cc2nc(-c3ccc(C(F)(F)F)nc3)no2)CCC1(c1ccc(F)cc1)c1ccc(F)cc1. The maximum Gasteiger partial charge on any atom is 0.433 e. The minimum absolute atomic E-state index is 0.0289. The van der Waals surface area contributed by atoms with Crippen LogP contribution in [-0.2, 0) is 22.9 Å². The molecule has 4 aromatic rings. The Morgan fingerprint density at radius 1 is 0.917 bits per heavy atom. The number of halogens is 5. The summed E-state index contributed by atoms with van der Waals surface area (Å²) in [6, 6.07) is 13.2. The van der Waals surface area contributed by atoms with Gasteiger partial charge in [-0.2, -0.15) is 18.2 Å². The van der Waals surface area contributed by atoms with Crippen molar-refractivity contribution in [3.8, 4) is 11.4 Å². The first-order valence-electron chi connectivity index (χ1n) is 10.8. The molecule has 0 radical (unpaired) electrons. The number of rotatable bonds is 5. The van der Waals surface area contributed by atoms with Crippen LogP contribution < -0.4 is 0 Å². The van der Waals surface area contributed by atoms with Crippen LogP contribution in [0.1, 0.15) is 29.1 Å². The molecule has 1 saturated heterocycles. The zero-order valence-electron chi connectivity index (χ0n) is 18.5. The summed E-state index contributed by atoms with van der Waals surface area (Å²) >= 11 is 0. The van der Waals surface area contributed by atoms with Gasteiger partial charge in [-0.3, -0.25) is 9.78 Å². The summed E-state index contributed by atoms with van der Waals surface area (Å²) in [5, 5.41) is 3.79. The molecule has 1 aliphatic rings. The molecule has 1 aliphatic heterocycles. The molecule has 0 N–H and O–H groups in total. The van der Waals surface area contributed by atoms with Crippen molar-refractivity contribution < 1.29 is 31.3 Å². The van der Waals surface area contributed by atoms with E-state index in [0.29, 0.717) is 24.1 Å². The van der Waals surface area contributed by atoms with Crippen LogP contribution >= 0.6 is 0 Å². The normalized spacial score (nSPS) is 15.5. The zero-order chi connectivity index (χ0) is 25.5. The summed E-state index contributed by atoms with van der Waals surface area (Å²) in [4.78, 5) is 22.8. The topological polar surface area (TPSA) is 72.1 Å². The van der Waals surface area contributed by atoms with E-state index < -0.39 is 28.9 Å². The molecule has 36 heavy (non-hydrogen) atoms. The van der Waals surface area contributed by atoms with Crippen LogP contribution in [0.5, 0.6) is 0 Å². The number of carbonyl (C=O) groups excluding carboxylic acids is 1. The van der Waals surface area contributed by atoms with Gasteiger partial charge in [0.25, 0.3) is 0 Å². The number of pyridine rings is 1. The van der Waals surface area contributed by atoms with E-state index in [2.05, 4.69) is 15.1 Å². The summed E-state index contributed by atoms with van der Waals surface area (Å²) < 4.78 is 70.7. The molecule has 0 aliphatic carbocycles. The van der Waals surface area contributed by atoms with Crippen LogP contribution in [0.3, 0.4) is 0 Å². The summed E-state index contributed by atoms with van der Waals surface area (Å²) in [6.07, 6.45) is -3.24. The van der Waals surface area contributed by atoms with Crippen LogP contribution in [0.15, 0.2) is 71.4 Å². The second kappa shape index (κ2) is 8.81. The van der Waals surface area contributed by atoms with Crippen LogP contribution in [-0.4, -0.2) is 32.5 Å². The fourth-order valence-electron chi connectivity index (χ4n) is 4.40. The van der Waals surface area contributed by atoms with Crippen molar-refractivity contribution >= 4 is 5.91 Å². The maximum absolute atomic E-state index is 13.7. The molecule has 1 amide bonds. The fourth-order valence-corrected chi connectivity index (χ4v) is 4.40. The van der Waals surface area contributed by atoms with Gasteiger partial charge >= 0.3 is 6.18 Å². The van der Waals surface area contributed by atoms with E-state index in [1.165, 1.54) is 59.5 Å². The minimum atomic E-state index is -4.57. The largest absolute Gasteiger partial charge is 0.433 e. The first-order valence-corrected chi connectivity index (χ1v) is 10.8. The number of alkyl halides is 3. The monoisotopic (exact) mass is 500 g/mol. The molecule has 184 valence electrons. The molecule has 5 rings (SSSR count). The fraction of sp³-hybridized carbons (Fsp3) is 0.200. The summed E-state index contributed by atoms with van der Waals surface area (Å²) in [5.74, 6) is -1.11. The number of likely N-dealkylation sites (tertiary alicyclic amines) is 1. The van der Waals surface area contributed by atoms with Gasteiger partial charge in [-0.05, 0) is 53.9 Å². The van der Waals surface area contributed by atoms with Crippen molar-refractivity contribution in [1.29, 1.82) is 0 Å². The molecule has 0 saturated carbocycles. The first kappa shape index (κ1) is 23.6. The number of nitrogens with zero attached hydrogens (tertiary/aromatic N) is 4. The molecular weight excluding hydrogens is 483 g/mol. The van der Waals surface area contributed by atoms with Crippen molar-refractivity contribution in [2.45, 2.75) is 24.6 Å². The molecule has 1 fully saturated rings. The minimum Gasteiger partial charge on any atom is -0.337 e. The predicted octanol–water partition coefficient (Wildman–Crippen LogP) is 5.15. The number of hydrogen-bond acceptors (Lipinski definition) is 5. The van der Waals surface area contributed by atoms with E-state index in [0.717, 1.165) is 12.3 Å². The van der Waals surface area contributed by atoms with Crippen molar-refractivity contribution in [2.24, 2.45) is 0 Å². The van der Waals surface area contributed by atoms with Gasteiger partial charge in [-0.1, -0.05) is 29.4 Å². The van der Waals surface area contributed by atoms with Gasteiger partial charge in [0.05, 0.1) is 0 Å². The molecule has 0 unspecified atom stereocenters. The molecule has 3 heterocycles. The summed E-state index contributed by atoms with van der Waals surface area (Å²) in [7, 11) is 0. The highest BCUT2D eigenvalue weighted by Crippen LogP contribution is 2.42. The number of aromatic nitrogens is 3. The van der Waals surface area contributed by atoms with Gasteiger partial charge in [0.1, 0.15) is 29.3 Å². The lowest BCUT2D eigenvalue weighted by molar-refractivity contribution is -0.141. The van der Waals surface area contributed by atoms with Gasteiger partial charge < -0.3 is 9.42 Å². The highest BCUT2D eigenvalue weighted by atomic mass is 19.4. The quantitative estimate of drug-likeness (QED) is 0.355. The summed E-state index contributed by atoms with van der Waals surface area (Å²) in [5.41, 5.74) is -0.870. The molecular formula is C25H17F5N4O2. The van der Waals surface area contributed by atoms with Crippen LogP contribution in [0.2, 0.25) is 0 Å². The Hall–Kier alpha value is -4.15. The Bertz CT molecular complexity index is 1340. The standard InChI is InChI=1S/C25H17F5N4O2/c26-18-6-2-16(3-7-18)24(17-4-8-19(27)9-5-17)11-12-34(23(24)35)14-21-32-22(33-36-21)15-1-10-20(31-13-15)25(28,29)30/h1-10,13H,11-12,14H2. The number of benzene rings is 2. The second-order valence-corrected chi connectivity index (χ2v) is 8.34. The number of amides is 1. The van der Waals surface area contributed by atoms with E-state index in [9.17, 15) is 26.7 Å². The smallest absolute Gasteiger partial charge is 0.337 e. The van der Waals surface area contributed by atoms with E-state index in [1.54, 1.807) is 0 Å². The van der Waals surface area contributed by atoms with Gasteiger partial charge in [0.2, 0.25) is 17.6 Å². The highest BCUT2D eigenvalue weighted by molar-refractivity contribution is 5.94. The van der Waals surface area contributed by atoms with Crippen LogP contribution in [0.25, 0.3) is 11.4 Å². The van der Waals surface area contributed by atoms with E-state index in [1.807, 2.05) is 0 Å². The van der Waals surface area contributed by atoms with Gasteiger partial charge in [-0.15, -0.1) is 0 Å². The molecule has 2 aromatic carbocycles. The Balaban J connectivity index is 1.41. The predicted molar refractivity (Wildman–Crippen MR) is 116 cm³/mol. The van der Waals surface area contributed by atoms with E-state index in [-0.39, 0.29) is 29.7 Å². The van der Waals surface area contributed by atoms with Gasteiger partial charge in [0.15, 0.2) is 0 Å².